The quantitative estimate of drug-likeness (QED) is 0.502. The molecule has 21 heavy (non-hydrogen) atoms. The van der Waals surface area contributed by atoms with Gasteiger partial charge in [-0.3, -0.25) is 8.42 Å². The lowest BCUT2D eigenvalue weighted by molar-refractivity contribution is 0.177. The van der Waals surface area contributed by atoms with Crippen LogP contribution >= 0.6 is 0 Å². The van der Waals surface area contributed by atoms with Crippen molar-refractivity contribution in [3.63, 3.8) is 0 Å². The number of aliphatic hydroxyl groups excluding tert-OH is 1. The van der Waals surface area contributed by atoms with Gasteiger partial charge in [-0.05, 0) is 6.42 Å². The van der Waals surface area contributed by atoms with Gasteiger partial charge in [-0.15, -0.1) is 0 Å². The first-order chi connectivity index (χ1) is 9.77. The van der Waals surface area contributed by atoms with Gasteiger partial charge in [0, 0.05) is 33.1 Å². The van der Waals surface area contributed by atoms with Crippen LogP contribution in [0, 0.1) is 29.1 Å². The lowest BCUT2D eigenvalue weighted by Gasteiger charge is -2.26. The fraction of sp³-hybridized carbons (Fsp3) is 0.455. The second-order valence-electron chi connectivity index (χ2n) is 4.32. The zero-order chi connectivity index (χ0) is 15.9. The zero-order valence-corrected chi connectivity index (χ0v) is 11.9. The van der Waals surface area contributed by atoms with E-state index in [1.807, 2.05) is 0 Å². The van der Waals surface area contributed by atoms with E-state index >= 15 is 0 Å². The van der Waals surface area contributed by atoms with Crippen LogP contribution in [0.15, 0.2) is 0 Å². The first kappa shape index (κ1) is 16.5. The van der Waals surface area contributed by atoms with Crippen LogP contribution in [0.25, 0.3) is 0 Å². The van der Waals surface area contributed by atoms with Crippen LogP contribution < -0.4 is 0 Å². The average molecular weight is 348 g/mol. The van der Waals surface area contributed by atoms with Gasteiger partial charge in [-0.2, -0.15) is 0 Å². The van der Waals surface area contributed by atoms with E-state index in [1.165, 1.54) is 0 Å². The molecule has 1 aliphatic heterocycles. The summed E-state index contributed by atoms with van der Waals surface area (Å²) in [5.74, 6) is -11.1. The Hall–Kier alpha value is -0.870. The first-order valence-corrected chi connectivity index (χ1v) is 8.47. The molecule has 0 spiro atoms. The van der Waals surface area contributed by atoms with E-state index in [9.17, 15) is 35.5 Å². The molecule has 118 valence electrons. The van der Waals surface area contributed by atoms with Crippen LogP contribution in [0.4, 0.5) is 22.0 Å². The van der Waals surface area contributed by atoms with E-state index in [1.54, 1.807) is 0 Å². The zero-order valence-electron chi connectivity index (χ0n) is 10.2. The normalized spacial score (nSPS) is 27.6. The van der Waals surface area contributed by atoms with Gasteiger partial charge in [-0.1, -0.05) is 0 Å². The molecule has 0 bridgehead atoms. The fourth-order valence-corrected chi connectivity index (χ4v) is 5.89. The summed E-state index contributed by atoms with van der Waals surface area (Å²) in [5, 5.41) is 9.87. The third kappa shape index (κ3) is 2.76. The highest BCUT2D eigenvalue weighted by atomic mass is 32.2. The van der Waals surface area contributed by atoms with E-state index in [2.05, 4.69) is 0 Å². The minimum Gasteiger partial charge on any atom is -0.386 e. The van der Waals surface area contributed by atoms with Crippen molar-refractivity contribution in [2.75, 3.05) is 11.5 Å². The average Bonchev–Trinajstić information content (AvgIpc) is 2.43. The van der Waals surface area contributed by atoms with E-state index in [-0.39, 0.29) is 11.5 Å². The molecule has 0 aliphatic carbocycles. The van der Waals surface area contributed by atoms with Gasteiger partial charge >= 0.3 is 0 Å². The van der Waals surface area contributed by atoms with Gasteiger partial charge in [0.15, 0.2) is 23.3 Å². The Morgan fingerprint density at radius 2 is 1.24 bits per heavy atom. The summed E-state index contributed by atoms with van der Waals surface area (Å²) in [7, 11) is -3.79. The molecule has 1 fully saturated rings. The molecule has 2 unspecified atom stereocenters. The Morgan fingerprint density at radius 1 is 0.857 bits per heavy atom. The maximum atomic E-state index is 13.6. The Labute approximate surface area is 121 Å². The topological polar surface area (TPSA) is 54.4 Å². The smallest absolute Gasteiger partial charge is 0.200 e. The second-order valence-corrected chi connectivity index (χ2v) is 7.97. The Balaban J connectivity index is 2.56. The molecule has 2 rings (SSSR count). The number of aliphatic hydroxyl groups is 1. The van der Waals surface area contributed by atoms with Gasteiger partial charge in [-0.25, -0.2) is 22.0 Å². The Kier molecular flexibility index (Phi) is 4.79. The minimum absolute atomic E-state index is 0.0306. The molecule has 0 amide bonds. The van der Waals surface area contributed by atoms with Crippen molar-refractivity contribution in [2.24, 2.45) is 0 Å². The van der Waals surface area contributed by atoms with Crippen LogP contribution in [-0.2, 0) is 21.6 Å². The molecule has 0 aromatic heterocycles. The summed E-state index contributed by atoms with van der Waals surface area (Å²) in [6, 6.07) is 0. The number of benzene rings is 1. The predicted molar refractivity (Wildman–Crippen MR) is 65.6 cm³/mol. The van der Waals surface area contributed by atoms with Crippen LogP contribution in [0.1, 0.15) is 18.1 Å². The number of rotatable bonds is 2. The molecule has 0 saturated carbocycles. The van der Waals surface area contributed by atoms with Crippen molar-refractivity contribution < 1.29 is 35.5 Å². The fourth-order valence-electron chi connectivity index (χ4n) is 2.00. The molecule has 3 atom stereocenters. The van der Waals surface area contributed by atoms with Crippen molar-refractivity contribution in [3.05, 3.63) is 34.6 Å². The maximum absolute atomic E-state index is 13.6. The molecule has 1 heterocycles. The van der Waals surface area contributed by atoms with Crippen molar-refractivity contribution in [3.8, 4) is 0 Å². The lowest BCUT2D eigenvalue weighted by atomic mass is 10.1. The standard InChI is InChI=1S/C11H9F5O3S2/c12-5-4(6(13)8(15)9(16)7(5)14)10(17)11-20(18)2-1-3-21(11)19/h10-11,17H,1-3H2/t10-,11?,20?,21?/m0/s1. The van der Waals surface area contributed by atoms with Crippen LogP contribution in [0.2, 0.25) is 0 Å². The summed E-state index contributed by atoms with van der Waals surface area (Å²) in [6.45, 7) is 0. The second kappa shape index (κ2) is 6.09. The van der Waals surface area contributed by atoms with Crippen LogP contribution in [0.5, 0.6) is 0 Å². The van der Waals surface area contributed by atoms with Gasteiger partial charge in [0.05, 0.1) is 5.56 Å². The predicted octanol–water partition coefficient (Wildman–Crippen LogP) is 1.64. The molecule has 1 N–H and O–H groups in total. The number of hydrogen-bond acceptors (Lipinski definition) is 3. The molecule has 3 nitrogen and oxygen atoms in total. The third-order valence-electron chi connectivity index (χ3n) is 3.01. The third-order valence-corrected chi connectivity index (χ3v) is 7.23. The van der Waals surface area contributed by atoms with E-state index in [4.69, 9.17) is 0 Å². The molecular formula is C11H9F5O3S2. The van der Waals surface area contributed by atoms with E-state index < -0.39 is 66.9 Å². The SMILES string of the molecule is O=S1CCCS(=O)C1[C@@H](O)c1c(F)c(F)c(F)c(F)c1F. The highest BCUT2D eigenvalue weighted by Crippen LogP contribution is 2.33. The van der Waals surface area contributed by atoms with Gasteiger partial charge in [0.25, 0.3) is 0 Å². The highest BCUT2D eigenvalue weighted by molar-refractivity contribution is 8.03. The Morgan fingerprint density at radius 3 is 1.67 bits per heavy atom. The van der Waals surface area contributed by atoms with Gasteiger partial charge < -0.3 is 5.11 Å². The molecule has 1 aromatic rings. The summed E-state index contributed by atoms with van der Waals surface area (Å²) in [6.07, 6.45) is -1.99. The van der Waals surface area contributed by atoms with E-state index in [0.717, 1.165) is 0 Å². The van der Waals surface area contributed by atoms with Crippen LogP contribution in [-0.4, -0.2) is 29.6 Å². The Bertz CT molecular complexity index is 592. The molecule has 10 heteroatoms. The van der Waals surface area contributed by atoms with Crippen molar-refractivity contribution in [1.29, 1.82) is 0 Å². The number of halogens is 5. The molecule has 0 radical (unpaired) electrons. The van der Waals surface area contributed by atoms with Crippen molar-refractivity contribution in [2.45, 2.75) is 17.1 Å². The summed E-state index contributed by atoms with van der Waals surface area (Å²) in [5.41, 5.74) is -1.50. The molecule has 1 aliphatic rings. The monoisotopic (exact) mass is 348 g/mol. The van der Waals surface area contributed by atoms with Gasteiger partial charge in [0.1, 0.15) is 10.7 Å². The summed E-state index contributed by atoms with van der Waals surface area (Å²) >= 11 is 0. The van der Waals surface area contributed by atoms with Crippen molar-refractivity contribution in [1.82, 2.24) is 0 Å². The lowest BCUT2D eigenvalue weighted by Crippen LogP contribution is -2.37. The largest absolute Gasteiger partial charge is 0.386 e. The molecule has 1 aromatic carbocycles. The van der Waals surface area contributed by atoms with Crippen molar-refractivity contribution >= 4 is 21.6 Å². The molecular weight excluding hydrogens is 339 g/mol. The van der Waals surface area contributed by atoms with E-state index in [0.29, 0.717) is 6.42 Å². The minimum atomic E-state index is -2.35. The summed E-state index contributed by atoms with van der Waals surface area (Å²) < 4.78 is 88.2. The maximum Gasteiger partial charge on any atom is 0.200 e. The van der Waals surface area contributed by atoms with Crippen LogP contribution in [0.3, 0.4) is 0 Å². The molecule has 1 saturated heterocycles. The number of hydrogen-bond donors (Lipinski definition) is 1. The highest BCUT2D eigenvalue weighted by Gasteiger charge is 2.40. The van der Waals surface area contributed by atoms with Gasteiger partial charge in [0.2, 0.25) is 5.82 Å². The summed E-state index contributed by atoms with van der Waals surface area (Å²) in [4.78, 5) is 0. The first-order valence-electron chi connectivity index (χ1n) is 5.71.